The Morgan fingerprint density at radius 3 is 2.69 bits per heavy atom. The van der Waals surface area contributed by atoms with Crippen molar-refractivity contribution in [2.45, 2.75) is 37.8 Å². The summed E-state index contributed by atoms with van der Waals surface area (Å²) in [6.45, 7) is 1.50. The monoisotopic (exact) mass is 474 g/mol. The number of allylic oxidation sites excluding steroid dienone is 1. The third-order valence-electron chi connectivity index (χ3n) is 6.34. The minimum Gasteiger partial charge on any atom is -0.466 e. The van der Waals surface area contributed by atoms with Crippen LogP contribution in [0.15, 0.2) is 46.0 Å². The number of ether oxygens (including phenoxy) is 1. The van der Waals surface area contributed by atoms with Crippen molar-refractivity contribution in [3.8, 4) is 0 Å². The summed E-state index contributed by atoms with van der Waals surface area (Å²) in [5.41, 5.74) is 1.01. The van der Waals surface area contributed by atoms with Crippen LogP contribution >= 0.6 is 22.9 Å². The lowest BCUT2D eigenvalue weighted by molar-refractivity contribution is -0.151. The summed E-state index contributed by atoms with van der Waals surface area (Å²) in [5.74, 6) is -0.556. The van der Waals surface area contributed by atoms with Crippen molar-refractivity contribution >= 4 is 40.6 Å². The molecule has 3 aliphatic carbocycles. The maximum Gasteiger partial charge on any atom is 0.338 e. The quantitative estimate of drug-likeness (QED) is 0.647. The number of nitrogens with zero attached hydrogens (tertiary/aromatic N) is 2. The summed E-state index contributed by atoms with van der Waals surface area (Å²) in [7, 11) is 1.32. The van der Waals surface area contributed by atoms with Gasteiger partial charge in [-0.25, -0.2) is 14.2 Å². The van der Waals surface area contributed by atoms with E-state index in [1.807, 2.05) is 5.38 Å². The van der Waals surface area contributed by atoms with Gasteiger partial charge in [-0.2, -0.15) is 0 Å². The van der Waals surface area contributed by atoms with Gasteiger partial charge in [-0.05, 0) is 31.4 Å². The summed E-state index contributed by atoms with van der Waals surface area (Å²) in [6, 6.07) is 3.26. The van der Waals surface area contributed by atoms with E-state index in [1.165, 1.54) is 43.6 Å². The number of hydrogen-bond acceptors (Lipinski definition) is 7. The largest absolute Gasteiger partial charge is 0.466 e. The van der Waals surface area contributed by atoms with E-state index < -0.39 is 17.8 Å². The molecular formula is C22H20ClFN4O3S. The molecule has 2 heterocycles. The predicted molar refractivity (Wildman–Crippen MR) is 118 cm³/mol. The Hall–Kier alpha value is -2.78. The molecule has 6 rings (SSSR count). The molecule has 2 aromatic rings. The first kappa shape index (κ1) is 21.1. The van der Waals surface area contributed by atoms with E-state index in [0.29, 0.717) is 46.9 Å². The first-order valence-electron chi connectivity index (χ1n) is 10.1. The predicted octanol–water partition coefficient (Wildman–Crippen LogP) is 3.51. The molecule has 0 saturated heterocycles. The molecule has 3 saturated carbocycles. The van der Waals surface area contributed by atoms with Crippen LogP contribution in [0, 0.1) is 11.2 Å². The Balaban J connectivity index is 1.62. The fourth-order valence-electron chi connectivity index (χ4n) is 5.25. The molecule has 4 aliphatic rings. The number of carbonyl (C=O) groups excluding carboxylic acids is 2. The standard InChI is InChI=1S/C22H20ClFN4O3S/c1-11(29)28-22-8-21(9-22,10-22)17-15(20(30)31-2)16(13-4-3-12(24)7-14(13)23)26-18(27-17)19-25-5-6-32-19/h3-7,16H,8-10H2,1-2H3,(H,26,27)(H,28,29). The first-order valence-corrected chi connectivity index (χ1v) is 11.3. The van der Waals surface area contributed by atoms with E-state index in [4.69, 9.17) is 21.3 Å². The average Bonchev–Trinajstić information content (AvgIpc) is 3.23. The van der Waals surface area contributed by atoms with Crippen molar-refractivity contribution in [1.29, 1.82) is 0 Å². The maximum absolute atomic E-state index is 13.7. The van der Waals surface area contributed by atoms with E-state index in [9.17, 15) is 14.0 Å². The van der Waals surface area contributed by atoms with Gasteiger partial charge in [0.2, 0.25) is 5.91 Å². The lowest BCUT2D eigenvalue weighted by Gasteiger charge is -2.71. The van der Waals surface area contributed by atoms with E-state index in [-0.39, 0.29) is 21.9 Å². The van der Waals surface area contributed by atoms with Crippen molar-refractivity contribution in [3.05, 3.63) is 62.5 Å². The number of nitrogens with one attached hydrogen (secondary N) is 2. The lowest BCUT2D eigenvalue weighted by Crippen LogP contribution is -2.76. The lowest BCUT2D eigenvalue weighted by atomic mass is 9.37. The van der Waals surface area contributed by atoms with Crippen LogP contribution in [0.2, 0.25) is 5.02 Å². The minimum absolute atomic E-state index is 0.0712. The summed E-state index contributed by atoms with van der Waals surface area (Å²) in [5, 5.41) is 9.06. The molecule has 1 aromatic carbocycles. The molecule has 1 unspecified atom stereocenters. The second kappa shape index (κ2) is 7.38. The number of amidine groups is 1. The second-order valence-electron chi connectivity index (χ2n) is 8.56. The Kier molecular flexibility index (Phi) is 4.86. The van der Waals surface area contributed by atoms with Crippen LogP contribution in [0.25, 0.3) is 0 Å². The number of carbonyl (C=O) groups is 2. The number of amides is 1. The summed E-state index contributed by atoms with van der Waals surface area (Å²) in [6.07, 6.45) is 3.79. The molecule has 3 fully saturated rings. The zero-order chi connectivity index (χ0) is 22.7. The number of esters is 1. The molecule has 1 atom stereocenters. The molecular weight excluding hydrogens is 455 g/mol. The zero-order valence-electron chi connectivity index (χ0n) is 17.4. The number of aliphatic imine (C=N–C) groups is 1. The molecule has 1 amide bonds. The highest BCUT2D eigenvalue weighted by atomic mass is 35.5. The van der Waals surface area contributed by atoms with Crippen LogP contribution in [0.1, 0.15) is 42.8 Å². The molecule has 1 aliphatic heterocycles. The molecule has 32 heavy (non-hydrogen) atoms. The highest BCUT2D eigenvalue weighted by Gasteiger charge is 2.71. The van der Waals surface area contributed by atoms with Gasteiger partial charge in [-0.3, -0.25) is 9.79 Å². The van der Waals surface area contributed by atoms with Gasteiger partial charge < -0.3 is 15.4 Å². The van der Waals surface area contributed by atoms with Crippen LogP contribution in [0.5, 0.6) is 0 Å². The van der Waals surface area contributed by atoms with Gasteiger partial charge in [0.25, 0.3) is 0 Å². The van der Waals surface area contributed by atoms with E-state index in [2.05, 4.69) is 15.6 Å². The van der Waals surface area contributed by atoms with E-state index in [0.717, 1.165) is 0 Å². The van der Waals surface area contributed by atoms with Gasteiger partial charge in [0, 0.05) is 45.7 Å². The van der Waals surface area contributed by atoms with E-state index in [1.54, 1.807) is 6.20 Å². The van der Waals surface area contributed by atoms with Gasteiger partial charge in [0.05, 0.1) is 12.7 Å². The number of methoxy groups -OCH3 is 1. The maximum atomic E-state index is 13.7. The molecule has 10 heteroatoms. The van der Waals surface area contributed by atoms with Crippen LogP contribution < -0.4 is 10.6 Å². The Labute approximate surface area is 192 Å². The van der Waals surface area contributed by atoms with Crippen molar-refractivity contribution < 1.29 is 18.7 Å². The number of rotatable bonds is 5. The van der Waals surface area contributed by atoms with Crippen LogP contribution in [-0.4, -0.2) is 35.3 Å². The number of aromatic nitrogens is 1. The molecule has 0 radical (unpaired) electrons. The van der Waals surface area contributed by atoms with Crippen molar-refractivity contribution in [2.24, 2.45) is 10.4 Å². The normalized spacial score (nSPS) is 28.1. The van der Waals surface area contributed by atoms with Gasteiger partial charge in [-0.1, -0.05) is 17.7 Å². The zero-order valence-corrected chi connectivity index (χ0v) is 18.9. The molecule has 166 valence electrons. The number of thiazole rings is 1. The molecule has 2 N–H and O–H groups in total. The van der Waals surface area contributed by atoms with Crippen LogP contribution in [-0.2, 0) is 14.3 Å². The Morgan fingerprint density at radius 2 is 2.09 bits per heavy atom. The topological polar surface area (TPSA) is 92.7 Å². The molecule has 2 bridgehead atoms. The third kappa shape index (κ3) is 3.22. The highest BCUT2D eigenvalue weighted by Crippen LogP contribution is 2.71. The van der Waals surface area contributed by atoms with Crippen LogP contribution in [0.3, 0.4) is 0 Å². The second-order valence-corrected chi connectivity index (χ2v) is 9.86. The van der Waals surface area contributed by atoms with Crippen molar-refractivity contribution in [2.75, 3.05) is 7.11 Å². The highest BCUT2D eigenvalue weighted by molar-refractivity contribution is 7.11. The first-order chi connectivity index (χ1) is 15.3. The van der Waals surface area contributed by atoms with Gasteiger partial charge in [0.15, 0.2) is 10.8 Å². The molecule has 0 spiro atoms. The number of halogens is 2. The number of benzene rings is 1. The molecule has 1 aromatic heterocycles. The van der Waals surface area contributed by atoms with Crippen molar-refractivity contribution in [3.63, 3.8) is 0 Å². The average molecular weight is 475 g/mol. The third-order valence-corrected chi connectivity index (χ3v) is 7.45. The van der Waals surface area contributed by atoms with Gasteiger partial charge >= 0.3 is 5.97 Å². The number of hydrogen-bond donors (Lipinski definition) is 2. The van der Waals surface area contributed by atoms with Gasteiger partial charge in [-0.15, -0.1) is 11.3 Å². The van der Waals surface area contributed by atoms with E-state index >= 15 is 0 Å². The fraction of sp³-hybridized carbons (Fsp3) is 0.364. The van der Waals surface area contributed by atoms with Crippen LogP contribution in [0.4, 0.5) is 4.39 Å². The smallest absolute Gasteiger partial charge is 0.338 e. The minimum atomic E-state index is -0.781. The van der Waals surface area contributed by atoms with Gasteiger partial charge in [0.1, 0.15) is 11.9 Å². The van der Waals surface area contributed by atoms with Crippen molar-refractivity contribution in [1.82, 2.24) is 15.6 Å². The fourth-order valence-corrected chi connectivity index (χ4v) is 6.11. The SMILES string of the molecule is COC(=O)C1=C(C23CC(NC(C)=O)(C2)C3)NC(c2nccs2)=NC1c1ccc(F)cc1Cl. The Morgan fingerprint density at radius 1 is 1.34 bits per heavy atom. The summed E-state index contributed by atoms with van der Waals surface area (Å²) < 4.78 is 18.9. The summed E-state index contributed by atoms with van der Waals surface area (Å²) in [4.78, 5) is 33.7. The Bertz CT molecular complexity index is 1170. The summed E-state index contributed by atoms with van der Waals surface area (Å²) >= 11 is 7.80. The molecule has 7 nitrogen and oxygen atoms in total.